The summed E-state index contributed by atoms with van der Waals surface area (Å²) in [6.07, 6.45) is 2.84. The second-order valence-corrected chi connectivity index (χ2v) is 12.6. The Morgan fingerprint density at radius 2 is 1.78 bits per heavy atom. The first-order valence-electron chi connectivity index (χ1n) is 15.9. The first kappa shape index (κ1) is 39.4. The van der Waals surface area contributed by atoms with Gasteiger partial charge in [0.15, 0.2) is 22.4 Å². The summed E-state index contributed by atoms with van der Waals surface area (Å²) in [6.45, 7) is 4.92. The summed E-state index contributed by atoms with van der Waals surface area (Å²) in [5.74, 6) is -1.57. The molecular weight excluding hydrogens is 741 g/mol. The Morgan fingerprint density at radius 3 is 2.49 bits per heavy atom. The number of pyridine rings is 2. The van der Waals surface area contributed by atoms with Gasteiger partial charge in [0.05, 0.1) is 24.7 Å². The monoisotopic (exact) mass is 774 g/mol. The van der Waals surface area contributed by atoms with Crippen LogP contribution in [-0.2, 0) is 30.9 Å². The highest BCUT2D eigenvalue weighted by Crippen LogP contribution is 2.29. The highest BCUT2D eigenvalue weighted by molar-refractivity contribution is 7.90. The van der Waals surface area contributed by atoms with E-state index in [2.05, 4.69) is 51.7 Å². The highest BCUT2D eigenvalue weighted by atomic mass is 32.2. The number of ether oxygens (including phenoxy) is 4. The molecule has 0 atom stereocenters. The Kier molecular flexibility index (Phi) is 13.1. The number of methoxy groups -OCH3 is 1. The summed E-state index contributed by atoms with van der Waals surface area (Å²) < 4.78 is 53.6. The van der Waals surface area contributed by atoms with E-state index < -0.39 is 33.0 Å². The number of nitrogens with two attached hydrogens (primary N) is 1. The molecule has 0 fully saturated rings. The summed E-state index contributed by atoms with van der Waals surface area (Å²) in [4.78, 5) is 25.7. The first-order chi connectivity index (χ1) is 26.4. The van der Waals surface area contributed by atoms with Crippen molar-refractivity contribution in [3.05, 3.63) is 126 Å². The van der Waals surface area contributed by atoms with Crippen LogP contribution in [0.2, 0.25) is 0 Å². The fourth-order valence-corrected chi connectivity index (χ4v) is 5.37. The smallest absolute Gasteiger partial charge is 0.338 e. The maximum Gasteiger partial charge on any atom is 0.338 e. The van der Waals surface area contributed by atoms with Crippen molar-refractivity contribution in [2.24, 2.45) is 10.1 Å². The van der Waals surface area contributed by atoms with E-state index in [-0.39, 0.29) is 59.3 Å². The molecular formula is C34H34N10O10S. The Hall–Kier alpha value is -6.78. The minimum atomic E-state index is -4.49. The number of aryl methyl sites for hydroxylation is 1. The molecule has 0 aliphatic heterocycles. The minimum absolute atomic E-state index is 0.0987. The molecule has 55 heavy (non-hydrogen) atoms. The standard InChI is InChI=1S/C34H34N10O10S/c1-21-11-12-29(37-19-21)55(48,49)41-31(35)30(54-28-10-5-4-9-27(28)50-3)33(38-22(2)24-13-14-36-26(18-24)32-39-42-43-40-32)51-15-16-52-34(45)25-8-6-7-23(17-25)20-53-44(46)47/h4-14,17-19,38,46-47H,2,15-16,20H2,1,3H3,(H2,35,41)(H,39,40,42,43). The Balaban J connectivity index is 1.50. The van der Waals surface area contributed by atoms with Crippen molar-refractivity contribution in [2.45, 2.75) is 18.6 Å². The Bertz CT molecular complexity index is 2280. The molecule has 0 aliphatic rings. The van der Waals surface area contributed by atoms with E-state index in [1.54, 1.807) is 55.5 Å². The molecule has 5 rings (SSSR count). The van der Waals surface area contributed by atoms with E-state index in [4.69, 9.17) is 35.1 Å². The largest absolute Gasteiger partial charge is 0.493 e. The van der Waals surface area contributed by atoms with Gasteiger partial charge in [-0.15, -0.1) is 14.6 Å². The van der Waals surface area contributed by atoms with Crippen molar-refractivity contribution in [2.75, 3.05) is 20.3 Å². The molecule has 20 nitrogen and oxygen atoms in total. The van der Waals surface area contributed by atoms with Crippen LogP contribution in [0.4, 0.5) is 0 Å². The Labute approximate surface area is 313 Å². The number of carbonyl (C=O) groups excluding carboxylic acids is 1. The van der Waals surface area contributed by atoms with E-state index in [0.29, 0.717) is 16.8 Å². The minimum Gasteiger partial charge on any atom is -0.493 e. The zero-order valence-electron chi connectivity index (χ0n) is 29.2. The maximum atomic E-state index is 13.4. The van der Waals surface area contributed by atoms with Crippen molar-refractivity contribution in [1.82, 2.24) is 41.3 Å². The van der Waals surface area contributed by atoms with Crippen LogP contribution >= 0.6 is 0 Å². The quantitative estimate of drug-likeness (QED) is 0.0214. The number of amidine groups is 1. The predicted octanol–water partition coefficient (Wildman–Crippen LogP) is 2.91. The van der Waals surface area contributed by atoms with Crippen LogP contribution in [0.3, 0.4) is 0 Å². The van der Waals surface area contributed by atoms with E-state index in [1.165, 1.54) is 43.8 Å². The second-order valence-electron chi connectivity index (χ2n) is 11.0. The Morgan fingerprint density at radius 1 is 1.00 bits per heavy atom. The summed E-state index contributed by atoms with van der Waals surface area (Å²) in [6, 6.07) is 18.6. The van der Waals surface area contributed by atoms with Crippen LogP contribution in [0, 0.1) is 6.92 Å². The number of hydrogen-bond acceptors (Lipinski definition) is 17. The third-order valence-electron chi connectivity index (χ3n) is 7.11. The van der Waals surface area contributed by atoms with Crippen molar-refractivity contribution in [3.63, 3.8) is 0 Å². The topological polar surface area (TPSA) is 272 Å². The fraction of sp³-hybridized carbons (Fsp3) is 0.147. The molecule has 0 aliphatic carbocycles. The first-order valence-corrected chi connectivity index (χ1v) is 17.3. The van der Waals surface area contributed by atoms with Gasteiger partial charge in [-0.1, -0.05) is 36.9 Å². The zero-order valence-corrected chi connectivity index (χ0v) is 30.0. The molecule has 0 saturated heterocycles. The fourth-order valence-electron chi connectivity index (χ4n) is 4.51. The summed E-state index contributed by atoms with van der Waals surface area (Å²) in [7, 11) is -3.09. The number of rotatable bonds is 18. The number of H-pyrrole nitrogens is 1. The van der Waals surface area contributed by atoms with Gasteiger partial charge < -0.3 is 30.0 Å². The second kappa shape index (κ2) is 18.3. The van der Waals surface area contributed by atoms with Crippen LogP contribution in [0.5, 0.6) is 11.5 Å². The molecule has 0 saturated carbocycles. The average molecular weight is 775 g/mol. The molecule has 21 heteroatoms. The van der Waals surface area contributed by atoms with E-state index >= 15 is 0 Å². The maximum absolute atomic E-state index is 13.4. The predicted molar refractivity (Wildman–Crippen MR) is 191 cm³/mol. The zero-order chi connectivity index (χ0) is 39.4. The lowest BCUT2D eigenvalue weighted by molar-refractivity contribution is -0.497. The number of sulfonamides is 1. The van der Waals surface area contributed by atoms with Gasteiger partial charge in [-0.25, -0.2) is 14.6 Å². The van der Waals surface area contributed by atoms with Gasteiger partial charge >= 0.3 is 16.0 Å². The molecule has 3 heterocycles. The van der Waals surface area contributed by atoms with Crippen LogP contribution in [0.15, 0.2) is 113 Å². The third kappa shape index (κ3) is 10.9. The lowest BCUT2D eigenvalue weighted by Crippen LogP contribution is -2.29. The molecule has 6 N–H and O–H groups in total. The van der Waals surface area contributed by atoms with Gasteiger partial charge in [0.1, 0.15) is 18.9 Å². The third-order valence-corrected chi connectivity index (χ3v) is 8.31. The van der Waals surface area contributed by atoms with Gasteiger partial charge in [0.2, 0.25) is 17.5 Å². The number of carbonyl (C=O) groups is 1. The molecule has 3 aromatic heterocycles. The van der Waals surface area contributed by atoms with E-state index in [9.17, 15) is 13.2 Å². The molecule has 0 unspecified atom stereocenters. The summed E-state index contributed by atoms with van der Waals surface area (Å²) >= 11 is 0. The van der Waals surface area contributed by atoms with Gasteiger partial charge in [0, 0.05) is 23.7 Å². The number of aromatic nitrogens is 6. The number of benzene rings is 2. The average Bonchev–Trinajstić information content (AvgIpc) is 3.73. The molecule has 0 bridgehead atoms. The summed E-state index contributed by atoms with van der Waals surface area (Å²) in [5.41, 5.74) is 8.67. The van der Waals surface area contributed by atoms with Gasteiger partial charge in [-0.05, 0) is 65.7 Å². The van der Waals surface area contributed by atoms with Crippen molar-refractivity contribution in [1.29, 1.82) is 0 Å². The highest BCUT2D eigenvalue weighted by Gasteiger charge is 2.24. The van der Waals surface area contributed by atoms with Crippen molar-refractivity contribution < 1.29 is 47.4 Å². The number of esters is 1. The lowest BCUT2D eigenvalue weighted by atomic mass is 10.1. The van der Waals surface area contributed by atoms with Crippen LogP contribution in [0.25, 0.3) is 17.2 Å². The molecule has 5 aromatic rings. The van der Waals surface area contributed by atoms with Gasteiger partial charge in [-0.2, -0.15) is 13.6 Å². The number of hydrogen-bond donors (Lipinski definition) is 5. The van der Waals surface area contributed by atoms with Crippen molar-refractivity contribution in [3.8, 4) is 23.0 Å². The number of para-hydroxylation sites is 2. The van der Waals surface area contributed by atoms with Gasteiger partial charge in [-0.3, -0.25) is 15.4 Å². The molecule has 286 valence electrons. The molecule has 0 amide bonds. The van der Waals surface area contributed by atoms with E-state index in [1.807, 2.05) is 0 Å². The van der Waals surface area contributed by atoms with Crippen LogP contribution in [-0.4, -0.2) is 86.9 Å². The van der Waals surface area contributed by atoms with Crippen LogP contribution in [0.1, 0.15) is 27.0 Å². The summed E-state index contributed by atoms with van der Waals surface area (Å²) in [5, 5.41) is 33.6. The van der Waals surface area contributed by atoms with Gasteiger partial charge in [0.25, 0.3) is 0 Å². The van der Waals surface area contributed by atoms with E-state index in [0.717, 1.165) is 5.56 Å². The number of nitrogens with one attached hydrogen (secondary N) is 2. The SMILES string of the molecule is C=C(NC(OCCOC(=O)c1cccc(CON(O)O)c1)=C(Oc1ccccc1OC)C(N)=NS(=O)(=O)c1ccc(C)cn1)c1ccnc(-c2nn[nH]n2)c1. The molecule has 2 aromatic carbocycles. The van der Waals surface area contributed by atoms with Crippen LogP contribution < -0.4 is 20.5 Å². The molecule has 0 radical (unpaired) electrons. The lowest BCUT2D eigenvalue weighted by Gasteiger charge is -2.20. The molecule has 0 spiro atoms. The number of tetrazole rings is 1. The number of nitrogens with zero attached hydrogens (tertiary/aromatic N) is 7. The normalized spacial score (nSPS) is 12.1. The number of aromatic amines is 1. The van der Waals surface area contributed by atoms with Crippen molar-refractivity contribution >= 4 is 27.5 Å².